The highest BCUT2D eigenvalue weighted by Crippen LogP contribution is 2.23. The minimum Gasteiger partial charge on any atom is -0.395 e. The maximum atomic E-state index is 8.89. The van der Waals surface area contributed by atoms with Crippen LogP contribution in [0.25, 0.3) is 0 Å². The van der Waals surface area contributed by atoms with Crippen molar-refractivity contribution in [3.8, 4) is 0 Å². The Kier molecular flexibility index (Phi) is 4.71. The molecule has 0 bridgehead atoms. The monoisotopic (exact) mass is 301 g/mol. The van der Waals surface area contributed by atoms with Crippen LogP contribution in [0.5, 0.6) is 0 Å². The van der Waals surface area contributed by atoms with E-state index >= 15 is 0 Å². The Labute approximate surface area is 120 Å². The van der Waals surface area contributed by atoms with Crippen LogP contribution in [0, 0.1) is 0 Å². The second-order valence-electron chi connectivity index (χ2n) is 4.14. The van der Waals surface area contributed by atoms with E-state index in [1.807, 2.05) is 0 Å². The summed E-state index contributed by atoms with van der Waals surface area (Å²) in [7, 11) is 0. The van der Waals surface area contributed by atoms with E-state index in [9.17, 15) is 0 Å². The highest BCUT2D eigenvalue weighted by atomic mass is 35.5. The lowest BCUT2D eigenvalue weighted by molar-refractivity contribution is 0.264. The summed E-state index contributed by atoms with van der Waals surface area (Å²) in [5.41, 5.74) is 7.09. The molecule has 2 rings (SSSR count). The number of hydrogen-bond donors (Lipinski definition) is 2. The second kappa shape index (κ2) is 6.29. The summed E-state index contributed by atoms with van der Waals surface area (Å²) < 4.78 is 1.62. The predicted molar refractivity (Wildman–Crippen MR) is 72.1 cm³/mol. The average molecular weight is 302 g/mol. The summed E-state index contributed by atoms with van der Waals surface area (Å²) in [6, 6.07) is -0.335. The third-order valence-corrected chi connectivity index (χ3v) is 3.22. The van der Waals surface area contributed by atoms with E-state index in [1.165, 1.54) is 12.4 Å². The molecule has 0 aliphatic rings. The van der Waals surface area contributed by atoms with E-state index in [0.29, 0.717) is 28.7 Å². The van der Waals surface area contributed by atoms with Gasteiger partial charge in [-0.3, -0.25) is 4.98 Å². The molecule has 2 heterocycles. The third kappa shape index (κ3) is 3.63. The Bertz CT molecular complexity index is 540. The molecule has 8 heteroatoms. The summed E-state index contributed by atoms with van der Waals surface area (Å²) in [5.74, 6) is 0. The fourth-order valence-electron chi connectivity index (χ4n) is 1.59. The Balaban J connectivity index is 2.12. The van der Waals surface area contributed by atoms with Crippen molar-refractivity contribution in [2.45, 2.75) is 19.0 Å². The zero-order valence-corrected chi connectivity index (χ0v) is 11.5. The molecule has 0 aliphatic carbocycles. The molecule has 1 unspecified atom stereocenters. The van der Waals surface area contributed by atoms with Crippen LogP contribution in [0.15, 0.2) is 18.6 Å². The standard InChI is InChI=1S/C11H13Cl2N5O/c12-10-2-15-3-11(13)9(10)5-18-4-8(16-17-18)1-7(14)6-19/h2-4,7,19H,1,5-6,14H2. The highest BCUT2D eigenvalue weighted by Gasteiger charge is 2.10. The molecule has 0 saturated heterocycles. The van der Waals surface area contributed by atoms with Crippen LogP contribution in [0.1, 0.15) is 11.3 Å². The fraction of sp³-hybridized carbons (Fsp3) is 0.364. The van der Waals surface area contributed by atoms with Crippen LogP contribution in [0.4, 0.5) is 0 Å². The van der Waals surface area contributed by atoms with Crippen LogP contribution in [-0.2, 0) is 13.0 Å². The summed E-state index contributed by atoms with van der Waals surface area (Å²) in [6.07, 6.45) is 5.28. The van der Waals surface area contributed by atoms with Crippen LogP contribution >= 0.6 is 23.2 Å². The Hall–Kier alpha value is -1.21. The number of nitrogens with zero attached hydrogens (tertiary/aromatic N) is 4. The highest BCUT2D eigenvalue weighted by molar-refractivity contribution is 6.35. The Morgan fingerprint density at radius 3 is 2.63 bits per heavy atom. The van der Waals surface area contributed by atoms with E-state index in [-0.39, 0.29) is 12.6 Å². The van der Waals surface area contributed by atoms with Gasteiger partial charge in [0.2, 0.25) is 0 Å². The van der Waals surface area contributed by atoms with Gasteiger partial charge in [-0.1, -0.05) is 28.4 Å². The van der Waals surface area contributed by atoms with E-state index in [1.54, 1.807) is 10.9 Å². The third-order valence-electron chi connectivity index (χ3n) is 2.56. The SMILES string of the molecule is NC(CO)Cc1cn(Cc2c(Cl)cncc2Cl)nn1. The van der Waals surface area contributed by atoms with Crippen molar-refractivity contribution in [2.24, 2.45) is 5.73 Å². The number of pyridine rings is 1. The number of nitrogens with two attached hydrogens (primary N) is 1. The van der Waals surface area contributed by atoms with Crippen LogP contribution < -0.4 is 5.73 Å². The van der Waals surface area contributed by atoms with Crippen molar-refractivity contribution in [3.63, 3.8) is 0 Å². The molecule has 1 atom stereocenters. The molecule has 0 aromatic carbocycles. The molecule has 0 spiro atoms. The lowest BCUT2D eigenvalue weighted by atomic mass is 10.2. The van der Waals surface area contributed by atoms with Gasteiger partial charge in [-0.05, 0) is 0 Å². The molecule has 0 aliphatic heterocycles. The van der Waals surface area contributed by atoms with Gasteiger partial charge in [-0.2, -0.15) is 0 Å². The molecule has 102 valence electrons. The summed E-state index contributed by atoms with van der Waals surface area (Å²) in [4.78, 5) is 3.89. The van der Waals surface area contributed by atoms with E-state index in [2.05, 4.69) is 15.3 Å². The quantitative estimate of drug-likeness (QED) is 0.856. The first-order valence-corrected chi connectivity index (χ1v) is 6.39. The van der Waals surface area contributed by atoms with Crippen LogP contribution in [0.2, 0.25) is 10.0 Å². The maximum absolute atomic E-state index is 8.89. The smallest absolute Gasteiger partial charge is 0.0843 e. The van der Waals surface area contributed by atoms with Crippen molar-refractivity contribution >= 4 is 23.2 Å². The number of aromatic nitrogens is 4. The maximum Gasteiger partial charge on any atom is 0.0843 e. The lowest BCUT2D eigenvalue weighted by Crippen LogP contribution is -2.26. The molecule has 0 radical (unpaired) electrons. The van der Waals surface area contributed by atoms with Crippen molar-refractivity contribution in [1.29, 1.82) is 0 Å². The molecule has 0 fully saturated rings. The zero-order chi connectivity index (χ0) is 13.8. The van der Waals surface area contributed by atoms with Gasteiger partial charge in [0.1, 0.15) is 0 Å². The first-order chi connectivity index (χ1) is 9.10. The van der Waals surface area contributed by atoms with Crippen molar-refractivity contribution < 1.29 is 5.11 Å². The second-order valence-corrected chi connectivity index (χ2v) is 4.95. The molecule has 0 saturated carbocycles. The summed E-state index contributed by atoms with van der Waals surface area (Å²) in [6.45, 7) is 0.316. The number of aliphatic hydroxyl groups is 1. The van der Waals surface area contributed by atoms with Gasteiger partial charge in [0.25, 0.3) is 0 Å². The van der Waals surface area contributed by atoms with E-state index in [0.717, 1.165) is 5.56 Å². The van der Waals surface area contributed by atoms with Crippen molar-refractivity contribution in [3.05, 3.63) is 39.9 Å². The lowest BCUT2D eigenvalue weighted by Gasteiger charge is -2.05. The molecule has 3 N–H and O–H groups in total. The number of rotatable bonds is 5. The number of hydrogen-bond acceptors (Lipinski definition) is 5. The van der Waals surface area contributed by atoms with Gasteiger partial charge in [0.15, 0.2) is 0 Å². The minimum atomic E-state index is -0.335. The minimum absolute atomic E-state index is 0.0884. The van der Waals surface area contributed by atoms with Crippen molar-refractivity contribution in [1.82, 2.24) is 20.0 Å². The fourth-order valence-corrected chi connectivity index (χ4v) is 2.08. The molecule has 2 aromatic rings. The predicted octanol–water partition coefficient (Wildman–Crippen LogP) is 0.890. The van der Waals surface area contributed by atoms with Gasteiger partial charge < -0.3 is 10.8 Å². The largest absolute Gasteiger partial charge is 0.395 e. The summed E-state index contributed by atoms with van der Waals surface area (Å²) >= 11 is 12.1. The number of aliphatic hydroxyl groups excluding tert-OH is 1. The molecular formula is C11H13Cl2N5O. The van der Waals surface area contributed by atoms with Gasteiger partial charge >= 0.3 is 0 Å². The zero-order valence-electron chi connectivity index (χ0n) is 10.0. The molecular weight excluding hydrogens is 289 g/mol. The molecule has 0 amide bonds. The number of halogens is 2. The van der Waals surface area contributed by atoms with Gasteiger partial charge in [0.05, 0.1) is 28.9 Å². The first-order valence-electron chi connectivity index (χ1n) is 5.63. The Morgan fingerprint density at radius 1 is 1.32 bits per heavy atom. The van der Waals surface area contributed by atoms with E-state index < -0.39 is 0 Å². The normalized spacial score (nSPS) is 12.6. The van der Waals surface area contributed by atoms with E-state index in [4.69, 9.17) is 34.0 Å². The molecule has 19 heavy (non-hydrogen) atoms. The summed E-state index contributed by atoms with van der Waals surface area (Å²) in [5, 5.41) is 17.8. The molecule has 6 nitrogen and oxygen atoms in total. The average Bonchev–Trinajstić information content (AvgIpc) is 2.81. The van der Waals surface area contributed by atoms with Gasteiger partial charge in [0, 0.05) is 36.6 Å². The van der Waals surface area contributed by atoms with Gasteiger partial charge in [-0.25, -0.2) is 4.68 Å². The topological polar surface area (TPSA) is 89.8 Å². The Morgan fingerprint density at radius 2 is 2.00 bits per heavy atom. The first kappa shape index (κ1) is 14.2. The van der Waals surface area contributed by atoms with Crippen molar-refractivity contribution in [2.75, 3.05) is 6.61 Å². The van der Waals surface area contributed by atoms with Gasteiger partial charge in [-0.15, -0.1) is 5.10 Å². The van der Waals surface area contributed by atoms with Crippen LogP contribution in [0.3, 0.4) is 0 Å². The van der Waals surface area contributed by atoms with Crippen LogP contribution in [-0.4, -0.2) is 37.7 Å². The molecule has 2 aromatic heterocycles.